The lowest BCUT2D eigenvalue weighted by atomic mass is 10.2. The summed E-state index contributed by atoms with van der Waals surface area (Å²) in [5, 5.41) is 5.32. The highest BCUT2D eigenvalue weighted by atomic mass is 79.9. The molecule has 0 bridgehead atoms. The molecule has 2 aromatic heterocycles. The number of carbonyl (C=O) groups is 2. The summed E-state index contributed by atoms with van der Waals surface area (Å²) in [6.07, 6.45) is 0.0603. The predicted octanol–water partition coefficient (Wildman–Crippen LogP) is 2.37. The van der Waals surface area contributed by atoms with Crippen LogP contribution in [0.1, 0.15) is 12.8 Å². The summed E-state index contributed by atoms with van der Waals surface area (Å²) in [6.45, 7) is 0. The highest BCUT2D eigenvalue weighted by Gasteiger charge is 2.09. The molecule has 4 N–H and O–H groups in total. The van der Waals surface area contributed by atoms with Gasteiger partial charge in [-0.15, -0.1) is 0 Å². The summed E-state index contributed by atoms with van der Waals surface area (Å²) >= 11 is 3.32. The quantitative estimate of drug-likeness (QED) is 0.522. The molecule has 2 amide bonds. The number of halogens is 1. The summed E-state index contributed by atoms with van der Waals surface area (Å²) in [6, 6.07) is 10.4. The maximum Gasteiger partial charge on any atom is 0.325 e. The SMILES string of the molecule is O=C(CCC(=O)Nc1ccc2[nH]c(=O)[nH]c2n1)Nc1cccc(Br)c1. The fourth-order valence-corrected chi connectivity index (χ4v) is 2.61. The Balaban J connectivity index is 1.53. The van der Waals surface area contributed by atoms with E-state index in [-0.39, 0.29) is 30.3 Å². The molecule has 0 aliphatic carbocycles. The van der Waals surface area contributed by atoms with Crippen LogP contribution in [0.2, 0.25) is 0 Å². The van der Waals surface area contributed by atoms with E-state index in [1.165, 1.54) is 0 Å². The summed E-state index contributed by atoms with van der Waals surface area (Å²) in [5.41, 5.74) is 1.20. The van der Waals surface area contributed by atoms with Gasteiger partial charge in [0.15, 0.2) is 5.65 Å². The van der Waals surface area contributed by atoms with Gasteiger partial charge in [0.1, 0.15) is 5.82 Å². The summed E-state index contributed by atoms with van der Waals surface area (Å²) in [4.78, 5) is 44.2. The minimum atomic E-state index is -0.366. The van der Waals surface area contributed by atoms with Gasteiger partial charge in [-0.2, -0.15) is 0 Å². The van der Waals surface area contributed by atoms with Gasteiger partial charge >= 0.3 is 5.69 Å². The number of carbonyl (C=O) groups excluding carboxylic acids is 2. The predicted molar refractivity (Wildman–Crippen MR) is 97.3 cm³/mol. The zero-order valence-electron chi connectivity index (χ0n) is 12.9. The van der Waals surface area contributed by atoms with E-state index in [0.29, 0.717) is 22.7 Å². The number of anilines is 2. The summed E-state index contributed by atoms with van der Waals surface area (Å²) < 4.78 is 0.854. The molecule has 2 heterocycles. The van der Waals surface area contributed by atoms with Crippen molar-refractivity contribution in [2.24, 2.45) is 0 Å². The van der Waals surface area contributed by atoms with Gasteiger partial charge in [0.2, 0.25) is 11.8 Å². The van der Waals surface area contributed by atoms with E-state index in [1.807, 2.05) is 6.07 Å². The normalized spacial score (nSPS) is 10.6. The Morgan fingerprint density at radius 2 is 1.80 bits per heavy atom. The molecule has 25 heavy (non-hydrogen) atoms. The first-order chi connectivity index (χ1) is 12.0. The molecule has 0 unspecified atom stereocenters. The molecule has 0 aliphatic rings. The second-order valence-corrected chi connectivity index (χ2v) is 6.19. The molecule has 0 fully saturated rings. The Bertz CT molecular complexity index is 995. The van der Waals surface area contributed by atoms with Gasteiger partial charge < -0.3 is 15.6 Å². The topological polar surface area (TPSA) is 120 Å². The van der Waals surface area contributed by atoms with Crippen molar-refractivity contribution in [3.63, 3.8) is 0 Å². The van der Waals surface area contributed by atoms with E-state index >= 15 is 0 Å². The van der Waals surface area contributed by atoms with Crippen molar-refractivity contribution >= 4 is 50.4 Å². The van der Waals surface area contributed by atoms with E-state index < -0.39 is 0 Å². The van der Waals surface area contributed by atoms with Gasteiger partial charge in [-0.3, -0.25) is 14.6 Å². The highest BCUT2D eigenvalue weighted by Crippen LogP contribution is 2.16. The van der Waals surface area contributed by atoms with Crippen molar-refractivity contribution in [2.75, 3.05) is 10.6 Å². The first-order valence-corrected chi connectivity index (χ1v) is 8.23. The summed E-state index contributed by atoms with van der Waals surface area (Å²) in [5.74, 6) is -0.291. The minimum absolute atomic E-state index is 0.0171. The number of aromatic amines is 2. The number of imidazole rings is 1. The van der Waals surface area contributed by atoms with Gasteiger partial charge in [-0.25, -0.2) is 9.78 Å². The number of amides is 2. The Morgan fingerprint density at radius 1 is 1.04 bits per heavy atom. The zero-order chi connectivity index (χ0) is 17.8. The van der Waals surface area contributed by atoms with Crippen LogP contribution in [-0.4, -0.2) is 26.8 Å². The summed E-state index contributed by atoms with van der Waals surface area (Å²) in [7, 11) is 0. The molecule has 3 rings (SSSR count). The van der Waals surface area contributed by atoms with E-state index in [9.17, 15) is 14.4 Å². The lowest BCUT2D eigenvalue weighted by molar-refractivity contribution is -0.121. The van der Waals surface area contributed by atoms with Crippen LogP contribution in [0.4, 0.5) is 11.5 Å². The van der Waals surface area contributed by atoms with Gasteiger partial charge in [0, 0.05) is 23.0 Å². The third-order valence-corrected chi connectivity index (χ3v) is 3.82. The number of benzene rings is 1. The Kier molecular flexibility index (Phi) is 4.94. The van der Waals surface area contributed by atoms with Crippen molar-refractivity contribution in [3.8, 4) is 0 Å². The number of rotatable bonds is 5. The molecule has 0 saturated carbocycles. The molecule has 0 atom stereocenters. The average molecular weight is 404 g/mol. The molecule has 1 aromatic carbocycles. The van der Waals surface area contributed by atoms with Gasteiger partial charge in [-0.05, 0) is 30.3 Å². The largest absolute Gasteiger partial charge is 0.326 e. The molecule has 9 heteroatoms. The molecule has 128 valence electrons. The van der Waals surface area contributed by atoms with Crippen LogP contribution in [0.15, 0.2) is 45.7 Å². The first kappa shape index (κ1) is 16.9. The Hall–Kier alpha value is -2.94. The number of nitrogens with one attached hydrogen (secondary N) is 4. The molecule has 8 nitrogen and oxygen atoms in total. The van der Waals surface area contributed by atoms with Crippen LogP contribution in [0, 0.1) is 0 Å². The fourth-order valence-electron chi connectivity index (χ4n) is 2.21. The lowest BCUT2D eigenvalue weighted by Crippen LogP contribution is -2.17. The maximum absolute atomic E-state index is 11.9. The number of hydrogen-bond acceptors (Lipinski definition) is 4. The molecule has 0 aliphatic heterocycles. The number of aromatic nitrogens is 3. The second kappa shape index (κ2) is 7.31. The third kappa shape index (κ3) is 4.54. The standard InChI is InChI=1S/C16H14BrN5O3/c17-9-2-1-3-10(8-9)18-13(23)6-7-14(24)20-12-5-4-11-15(21-12)22-16(25)19-11/h1-5,8H,6-7H2,(H,18,23)(H3,19,20,21,22,24,25). The van der Waals surface area contributed by atoms with Gasteiger partial charge in [-0.1, -0.05) is 22.0 Å². The van der Waals surface area contributed by atoms with Crippen molar-refractivity contribution in [1.29, 1.82) is 0 Å². The molecule has 0 spiro atoms. The van der Waals surface area contributed by atoms with Crippen LogP contribution in [0.3, 0.4) is 0 Å². The van der Waals surface area contributed by atoms with E-state index in [0.717, 1.165) is 4.47 Å². The van der Waals surface area contributed by atoms with Crippen molar-refractivity contribution < 1.29 is 9.59 Å². The van der Waals surface area contributed by atoms with Crippen molar-refractivity contribution in [1.82, 2.24) is 15.0 Å². The number of nitrogens with zero attached hydrogens (tertiary/aromatic N) is 1. The third-order valence-electron chi connectivity index (χ3n) is 3.33. The molecule has 0 saturated heterocycles. The monoisotopic (exact) mass is 403 g/mol. The van der Waals surface area contributed by atoms with Crippen LogP contribution < -0.4 is 16.3 Å². The van der Waals surface area contributed by atoms with Crippen LogP contribution in [0.25, 0.3) is 11.2 Å². The van der Waals surface area contributed by atoms with Crippen LogP contribution in [0.5, 0.6) is 0 Å². The Morgan fingerprint density at radius 3 is 2.56 bits per heavy atom. The van der Waals surface area contributed by atoms with Crippen molar-refractivity contribution in [2.45, 2.75) is 12.8 Å². The van der Waals surface area contributed by atoms with E-state index in [2.05, 4.69) is 41.5 Å². The van der Waals surface area contributed by atoms with Crippen LogP contribution >= 0.6 is 15.9 Å². The number of hydrogen-bond donors (Lipinski definition) is 4. The van der Waals surface area contributed by atoms with E-state index in [1.54, 1.807) is 30.3 Å². The Labute approximate surface area is 150 Å². The van der Waals surface area contributed by atoms with Crippen LogP contribution in [-0.2, 0) is 9.59 Å². The lowest BCUT2D eigenvalue weighted by Gasteiger charge is -2.06. The average Bonchev–Trinajstić information content (AvgIpc) is 2.92. The second-order valence-electron chi connectivity index (χ2n) is 5.28. The number of H-pyrrole nitrogens is 2. The smallest absolute Gasteiger partial charge is 0.325 e. The first-order valence-electron chi connectivity index (χ1n) is 7.44. The molecular formula is C16H14BrN5O3. The molecule has 0 radical (unpaired) electrons. The fraction of sp³-hybridized carbons (Fsp3) is 0.125. The zero-order valence-corrected chi connectivity index (χ0v) is 14.5. The number of pyridine rings is 1. The van der Waals surface area contributed by atoms with Crippen molar-refractivity contribution in [3.05, 3.63) is 51.4 Å². The molecular weight excluding hydrogens is 390 g/mol. The van der Waals surface area contributed by atoms with Gasteiger partial charge in [0.05, 0.1) is 5.52 Å². The number of fused-ring (bicyclic) bond motifs is 1. The minimum Gasteiger partial charge on any atom is -0.326 e. The van der Waals surface area contributed by atoms with Gasteiger partial charge in [0.25, 0.3) is 0 Å². The maximum atomic E-state index is 11.9. The molecule has 3 aromatic rings. The highest BCUT2D eigenvalue weighted by molar-refractivity contribution is 9.10. The van der Waals surface area contributed by atoms with E-state index in [4.69, 9.17) is 0 Å².